The molecule has 0 saturated heterocycles. The summed E-state index contributed by atoms with van der Waals surface area (Å²) in [4.78, 5) is 0. The predicted octanol–water partition coefficient (Wildman–Crippen LogP) is 2.81. The Bertz CT molecular complexity index is 769. The second-order valence-electron chi connectivity index (χ2n) is 6.53. The second kappa shape index (κ2) is 5.70. The smallest absolute Gasteiger partial charge is 0.254 e. The molecule has 3 atom stereocenters. The zero-order chi connectivity index (χ0) is 16.0. The summed E-state index contributed by atoms with van der Waals surface area (Å²) in [7, 11) is -3.60. The molecule has 23 heavy (non-hydrogen) atoms. The van der Waals surface area contributed by atoms with Gasteiger partial charge in [-0.05, 0) is 60.1 Å². The first-order chi connectivity index (χ1) is 11.1. The Balaban J connectivity index is 1.68. The molecule has 6 heteroatoms. The van der Waals surface area contributed by atoms with Gasteiger partial charge in [0.2, 0.25) is 0 Å². The van der Waals surface area contributed by atoms with Gasteiger partial charge in [0, 0.05) is 6.04 Å². The summed E-state index contributed by atoms with van der Waals surface area (Å²) in [6.45, 7) is 0. The van der Waals surface area contributed by atoms with Gasteiger partial charge in [-0.3, -0.25) is 5.84 Å². The quantitative estimate of drug-likeness (QED) is 0.685. The van der Waals surface area contributed by atoms with Gasteiger partial charge in [0.05, 0.1) is 0 Å². The molecule has 0 spiro atoms. The van der Waals surface area contributed by atoms with Crippen molar-refractivity contribution in [1.29, 1.82) is 0 Å². The standard InChI is InChI=1S/C17H20N2O2S2/c18-19(23(20,21)16-6-3-9-22-16)17-14-7-8-15(17)11-13-5-2-1-4-12(13)10-14/h1-6,9,14-15,17H,7-8,10-11,18H2/t14-,15+,17?. The molecular weight excluding hydrogens is 328 g/mol. The van der Waals surface area contributed by atoms with Crippen molar-refractivity contribution in [2.75, 3.05) is 0 Å². The molecule has 4 rings (SSSR count). The van der Waals surface area contributed by atoms with E-state index in [9.17, 15) is 8.42 Å². The van der Waals surface area contributed by atoms with E-state index >= 15 is 0 Å². The fourth-order valence-electron chi connectivity index (χ4n) is 4.21. The number of hydrogen-bond acceptors (Lipinski definition) is 4. The van der Waals surface area contributed by atoms with Crippen LogP contribution in [0.4, 0.5) is 0 Å². The second-order valence-corrected chi connectivity index (χ2v) is 9.55. The van der Waals surface area contributed by atoms with Gasteiger partial charge in [-0.1, -0.05) is 30.3 Å². The Hall–Kier alpha value is -1.21. The van der Waals surface area contributed by atoms with Crippen molar-refractivity contribution < 1.29 is 8.42 Å². The van der Waals surface area contributed by atoms with Crippen LogP contribution in [0.1, 0.15) is 24.0 Å². The lowest BCUT2D eigenvalue weighted by Crippen LogP contribution is -2.50. The lowest BCUT2D eigenvalue weighted by molar-refractivity contribution is 0.224. The molecule has 1 fully saturated rings. The molecule has 2 aromatic rings. The minimum absolute atomic E-state index is 0.102. The SMILES string of the molecule is NN(C1[C@@H]2CC[C@H]1Cc1ccccc1C2)S(=O)(=O)c1cccs1. The molecule has 1 aromatic carbocycles. The minimum atomic E-state index is -3.60. The van der Waals surface area contributed by atoms with Crippen LogP contribution >= 0.6 is 11.3 Å². The lowest BCUT2D eigenvalue weighted by atomic mass is 9.94. The number of nitrogens with two attached hydrogens (primary N) is 1. The van der Waals surface area contributed by atoms with Crippen LogP contribution in [-0.4, -0.2) is 18.9 Å². The molecule has 2 N–H and O–H groups in total. The third-order valence-corrected chi connectivity index (χ3v) is 8.30. The Morgan fingerprint density at radius 3 is 2.13 bits per heavy atom. The van der Waals surface area contributed by atoms with Crippen LogP contribution in [0.25, 0.3) is 0 Å². The number of benzene rings is 1. The van der Waals surface area contributed by atoms with E-state index in [0.717, 1.165) is 25.7 Å². The molecule has 122 valence electrons. The number of thiophene rings is 1. The van der Waals surface area contributed by atoms with E-state index in [1.54, 1.807) is 17.5 Å². The van der Waals surface area contributed by atoms with Crippen molar-refractivity contribution in [1.82, 2.24) is 4.41 Å². The highest BCUT2D eigenvalue weighted by Gasteiger charge is 2.45. The Morgan fingerprint density at radius 1 is 1.00 bits per heavy atom. The summed E-state index contributed by atoms with van der Waals surface area (Å²) in [6.07, 6.45) is 3.95. The first kappa shape index (κ1) is 15.3. The largest absolute Gasteiger partial charge is 0.265 e. The van der Waals surface area contributed by atoms with Gasteiger partial charge in [0.1, 0.15) is 4.21 Å². The topological polar surface area (TPSA) is 63.4 Å². The van der Waals surface area contributed by atoms with Crippen LogP contribution < -0.4 is 5.84 Å². The van der Waals surface area contributed by atoms with E-state index in [1.807, 2.05) is 0 Å². The highest BCUT2D eigenvalue weighted by molar-refractivity contribution is 7.91. The summed E-state index contributed by atoms with van der Waals surface area (Å²) in [5.74, 6) is 6.81. The molecule has 0 radical (unpaired) electrons. The Morgan fingerprint density at radius 2 is 1.61 bits per heavy atom. The van der Waals surface area contributed by atoms with E-state index in [0.29, 0.717) is 16.0 Å². The molecule has 2 aliphatic carbocycles. The Labute approximate surface area is 141 Å². The van der Waals surface area contributed by atoms with Crippen LogP contribution in [-0.2, 0) is 22.9 Å². The van der Waals surface area contributed by atoms with Gasteiger partial charge in [-0.15, -0.1) is 15.8 Å². The number of rotatable bonds is 3. The Kier molecular flexibility index (Phi) is 3.80. The van der Waals surface area contributed by atoms with Crippen LogP contribution in [0, 0.1) is 11.8 Å². The number of sulfonamides is 1. The highest BCUT2D eigenvalue weighted by atomic mass is 32.2. The van der Waals surface area contributed by atoms with Crippen LogP contribution in [0.3, 0.4) is 0 Å². The van der Waals surface area contributed by atoms with Gasteiger partial charge in [0.25, 0.3) is 10.0 Å². The number of fused-ring (bicyclic) bond motifs is 3. The molecule has 1 aromatic heterocycles. The first-order valence-corrected chi connectivity index (χ1v) is 10.3. The molecular formula is C17H20N2O2S2. The molecule has 0 amide bonds. The van der Waals surface area contributed by atoms with Gasteiger partial charge < -0.3 is 0 Å². The van der Waals surface area contributed by atoms with Crippen molar-refractivity contribution >= 4 is 21.4 Å². The van der Waals surface area contributed by atoms with Crippen molar-refractivity contribution in [3.05, 3.63) is 52.9 Å². The summed E-state index contributed by atoms with van der Waals surface area (Å²) >= 11 is 1.23. The van der Waals surface area contributed by atoms with E-state index < -0.39 is 10.0 Å². The summed E-state index contributed by atoms with van der Waals surface area (Å²) < 4.78 is 27.1. The average molecular weight is 348 g/mol. The normalized spacial score (nSPS) is 27.0. The average Bonchev–Trinajstić information content (AvgIpc) is 3.14. The lowest BCUT2D eigenvalue weighted by Gasteiger charge is -2.30. The maximum Gasteiger partial charge on any atom is 0.265 e. The molecule has 1 heterocycles. The molecule has 2 bridgehead atoms. The predicted molar refractivity (Wildman–Crippen MR) is 91.4 cm³/mol. The number of hydrazine groups is 1. The molecule has 1 saturated carbocycles. The van der Waals surface area contributed by atoms with Gasteiger partial charge in [0.15, 0.2) is 0 Å². The number of hydrogen-bond donors (Lipinski definition) is 1. The van der Waals surface area contributed by atoms with Crippen molar-refractivity contribution in [2.24, 2.45) is 17.7 Å². The summed E-state index contributed by atoms with van der Waals surface area (Å²) in [6, 6.07) is 11.7. The van der Waals surface area contributed by atoms with Crippen molar-refractivity contribution in [2.45, 2.75) is 35.9 Å². The van der Waals surface area contributed by atoms with E-state index in [4.69, 9.17) is 5.84 Å². The fourth-order valence-corrected chi connectivity index (χ4v) is 6.69. The maximum atomic E-state index is 12.8. The zero-order valence-corrected chi connectivity index (χ0v) is 14.4. The maximum absolute atomic E-state index is 12.8. The monoisotopic (exact) mass is 348 g/mol. The van der Waals surface area contributed by atoms with Crippen LogP contribution in [0.5, 0.6) is 0 Å². The third kappa shape index (κ3) is 2.54. The summed E-state index contributed by atoms with van der Waals surface area (Å²) in [5, 5.41) is 1.78. The van der Waals surface area contributed by atoms with Crippen molar-refractivity contribution in [3.63, 3.8) is 0 Å². The highest BCUT2D eigenvalue weighted by Crippen LogP contribution is 2.43. The van der Waals surface area contributed by atoms with Crippen molar-refractivity contribution in [3.8, 4) is 0 Å². The summed E-state index contributed by atoms with van der Waals surface area (Å²) in [5.41, 5.74) is 2.71. The molecule has 4 nitrogen and oxygen atoms in total. The first-order valence-electron chi connectivity index (χ1n) is 7.97. The molecule has 2 aliphatic rings. The van der Waals surface area contributed by atoms with E-state index in [-0.39, 0.29) is 6.04 Å². The van der Waals surface area contributed by atoms with Crippen LogP contribution in [0.15, 0.2) is 46.0 Å². The third-order valence-electron chi connectivity index (χ3n) is 5.28. The van der Waals surface area contributed by atoms with Gasteiger partial charge in [-0.25, -0.2) is 8.42 Å². The number of nitrogens with zero attached hydrogens (tertiary/aromatic N) is 1. The molecule has 1 unspecified atom stereocenters. The zero-order valence-electron chi connectivity index (χ0n) is 12.8. The van der Waals surface area contributed by atoms with Crippen LogP contribution in [0.2, 0.25) is 0 Å². The van der Waals surface area contributed by atoms with Gasteiger partial charge in [-0.2, -0.15) is 0 Å². The minimum Gasteiger partial charge on any atom is -0.254 e. The molecule has 0 aliphatic heterocycles. The van der Waals surface area contributed by atoms with Gasteiger partial charge >= 0.3 is 0 Å². The fraction of sp³-hybridized carbons (Fsp3) is 0.412. The van der Waals surface area contributed by atoms with E-state index in [1.165, 1.54) is 26.9 Å². The van der Waals surface area contributed by atoms with E-state index in [2.05, 4.69) is 24.3 Å².